The maximum atomic E-state index is 9.36. The first-order valence-electron chi connectivity index (χ1n) is 5.76. The van der Waals surface area contributed by atoms with Crippen molar-refractivity contribution in [1.82, 2.24) is 15.2 Å². The van der Waals surface area contributed by atoms with Crippen molar-refractivity contribution >= 4 is 15.9 Å². The fraction of sp³-hybridized carbons (Fsp3) is 0.500. The molecular weight excluding hydrogens is 280 g/mol. The minimum absolute atomic E-state index is 0.195. The average molecular weight is 295 g/mol. The average Bonchev–Trinajstić information content (AvgIpc) is 2.59. The summed E-state index contributed by atoms with van der Waals surface area (Å²) in [6.07, 6.45) is 4.60. The lowest BCUT2D eigenvalue weighted by Crippen LogP contribution is -2.31. The van der Waals surface area contributed by atoms with Gasteiger partial charge in [-0.1, -0.05) is 0 Å². The Labute approximate surface area is 110 Å². The first-order valence-corrected chi connectivity index (χ1v) is 6.55. The monoisotopic (exact) mass is 294 g/mol. The molecule has 1 aromatic rings. The highest BCUT2D eigenvalue weighted by Crippen LogP contribution is 2.22. The molecule has 1 saturated heterocycles. The predicted octanol–water partition coefficient (Wildman–Crippen LogP) is 1.70. The molecule has 1 aliphatic heterocycles. The molecule has 0 bridgehead atoms. The van der Waals surface area contributed by atoms with E-state index in [1.54, 1.807) is 12.4 Å². The number of hydrogen-bond donors (Lipinski definition) is 1. The Hall–Kier alpha value is -0.960. The summed E-state index contributed by atoms with van der Waals surface area (Å²) >= 11 is 3.40. The van der Waals surface area contributed by atoms with Gasteiger partial charge in [-0.3, -0.25) is 9.88 Å². The third-order valence-corrected chi connectivity index (χ3v) is 3.34. The Morgan fingerprint density at radius 2 is 2.29 bits per heavy atom. The van der Waals surface area contributed by atoms with Gasteiger partial charge in [0.15, 0.2) is 0 Å². The van der Waals surface area contributed by atoms with E-state index in [1.165, 1.54) is 0 Å². The Morgan fingerprint density at radius 1 is 1.41 bits per heavy atom. The lowest BCUT2D eigenvalue weighted by Gasteiger charge is -2.25. The van der Waals surface area contributed by atoms with Crippen molar-refractivity contribution < 1.29 is 0 Å². The fourth-order valence-electron chi connectivity index (χ4n) is 2.07. The largest absolute Gasteiger partial charge is 0.315 e. The van der Waals surface area contributed by atoms with Gasteiger partial charge >= 0.3 is 0 Å². The van der Waals surface area contributed by atoms with E-state index in [0.29, 0.717) is 0 Å². The number of halogens is 1. The fourth-order valence-corrected chi connectivity index (χ4v) is 2.45. The summed E-state index contributed by atoms with van der Waals surface area (Å²) < 4.78 is 0.920. The number of pyridine rings is 1. The lowest BCUT2D eigenvalue weighted by atomic mass is 10.1. The highest BCUT2D eigenvalue weighted by Gasteiger charge is 2.21. The van der Waals surface area contributed by atoms with Gasteiger partial charge in [-0.25, -0.2) is 0 Å². The minimum Gasteiger partial charge on any atom is -0.315 e. The zero-order valence-corrected chi connectivity index (χ0v) is 11.2. The molecule has 0 aromatic carbocycles. The molecular formula is C12H15BrN4. The van der Waals surface area contributed by atoms with Gasteiger partial charge < -0.3 is 5.32 Å². The van der Waals surface area contributed by atoms with Crippen molar-refractivity contribution in [2.45, 2.75) is 12.5 Å². The molecule has 1 N–H and O–H groups in total. The van der Waals surface area contributed by atoms with E-state index in [1.807, 2.05) is 6.07 Å². The Morgan fingerprint density at radius 3 is 3.06 bits per heavy atom. The molecule has 0 saturated carbocycles. The maximum absolute atomic E-state index is 9.36. The molecule has 0 amide bonds. The summed E-state index contributed by atoms with van der Waals surface area (Å²) in [5.41, 5.74) is 0.962. The number of rotatable bonds is 2. The Bertz CT molecular complexity index is 407. The van der Waals surface area contributed by atoms with Gasteiger partial charge in [-0.05, 0) is 35.0 Å². The van der Waals surface area contributed by atoms with Gasteiger partial charge in [0.05, 0.1) is 6.07 Å². The normalized spacial score (nSPS) is 19.3. The highest BCUT2D eigenvalue weighted by molar-refractivity contribution is 9.10. The molecule has 0 aliphatic carbocycles. The minimum atomic E-state index is -0.195. The van der Waals surface area contributed by atoms with Gasteiger partial charge in [-0.2, -0.15) is 5.26 Å². The number of nitriles is 1. The van der Waals surface area contributed by atoms with Crippen LogP contribution in [0.25, 0.3) is 0 Å². The van der Waals surface area contributed by atoms with Crippen LogP contribution in [0.2, 0.25) is 0 Å². The summed E-state index contributed by atoms with van der Waals surface area (Å²) in [6, 6.07) is 4.16. The van der Waals surface area contributed by atoms with E-state index in [-0.39, 0.29) is 6.04 Å². The SMILES string of the molecule is N#CC(c1cncc(Br)c1)N1CCCNCC1. The van der Waals surface area contributed by atoms with Gasteiger partial charge in [0.2, 0.25) is 0 Å². The van der Waals surface area contributed by atoms with Gasteiger partial charge in [0.1, 0.15) is 6.04 Å². The first-order chi connectivity index (χ1) is 8.31. The van der Waals surface area contributed by atoms with Crippen LogP contribution in [0.1, 0.15) is 18.0 Å². The third kappa shape index (κ3) is 3.25. The van der Waals surface area contributed by atoms with Crippen LogP contribution >= 0.6 is 15.9 Å². The quantitative estimate of drug-likeness (QED) is 0.902. The molecule has 5 heteroatoms. The zero-order valence-electron chi connectivity index (χ0n) is 9.56. The summed E-state index contributed by atoms with van der Waals surface area (Å²) in [6.45, 7) is 3.84. The van der Waals surface area contributed by atoms with E-state index >= 15 is 0 Å². The second kappa shape index (κ2) is 6.10. The lowest BCUT2D eigenvalue weighted by molar-refractivity contribution is 0.252. The van der Waals surface area contributed by atoms with E-state index in [2.05, 4.69) is 37.2 Å². The molecule has 0 spiro atoms. The smallest absolute Gasteiger partial charge is 0.125 e. The van der Waals surface area contributed by atoms with Crippen molar-refractivity contribution in [3.05, 3.63) is 28.5 Å². The molecule has 1 atom stereocenters. The zero-order chi connectivity index (χ0) is 12.1. The van der Waals surface area contributed by atoms with Crippen molar-refractivity contribution in [1.29, 1.82) is 5.26 Å². The van der Waals surface area contributed by atoms with Gasteiger partial charge in [0, 0.05) is 42.1 Å². The van der Waals surface area contributed by atoms with Gasteiger partial charge in [-0.15, -0.1) is 0 Å². The van der Waals surface area contributed by atoms with Crippen molar-refractivity contribution in [3.63, 3.8) is 0 Å². The molecule has 2 rings (SSSR count). The highest BCUT2D eigenvalue weighted by atomic mass is 79.9. The first kappa shape index (κ1) is 12.5. The molecule has 1 unspecified atom stereocenters. The molecule has 1 aromatic heterocycles. The van der Waals surface area contributed by atoms with E-state index < -0.39 is 0 Å². The van der Waals surface area contributed by atoms with Gasteiger partial charge in [0.25, 0.3) is 0 Å². The maximum Gasteiger partial charge on any atom is 0.125 e. The predicted molar refractivity (Wildman–Crippen MR) is 69.4 cm³/mol. The molecule has 4 nitrogen and oxygen atoms in total. The Balaban J connectivity index is 2.18. The molecule has 0 radical (unpaired) electrons. The van der Waals surface area contributed by atoms with Crippen LogP contribution in [0, 0.1) is 11.3 Å². The van der Waals surface area contributed by atoms with Crippen molar-refractivity contribution in [2.24, 2.45) is 0 Å². The number of aromatic nitrogens is 1. The molecule has 17 heavy (non-hydrogen) atoms. The van der Waals surface area contributed by atoms with Crippen LogP contribution in [0.4, 0.5) is 0 Å². The standard InChI is InChI=1S/C12H15BrN4/c13-11-6-10(8-16-9-11)12(7-14)17-4-1-2-15-3-5-17/h6,8-9,12,15H,1-5H2. The van der Waals surface area contributed by atoms with Crippen LogP contribution in [0.15, 0.2) is 22.9 Å². The number of hydrogen-bond acceptors (Lipinski definition) is 4. The second-order valence-electron chi connectivity index (χ2n) is 4.11. The summed E-state index contributed by atoms with van der Waals surface area (Å²) in [5, 5.41) is 12.7. The van der Waals surface area contributed by atoms with Crippen LogP contribution in [0.5, 0.6) is 0 Å². The third-order valence-electron chi connectivity index (χ3n) is 2.90. The number of nitrogens with one attached hydrogen (secondary N) is 1. The van der Waals surface area contributed by atoms with Crippen LogP contribution < -0.4 is 5.32 Å². The van der Waals surface area contributed by atoms with Crippen molar-refractivity contribution in [3.8, 4) is 6.07 Å². The van der Waals surface area contributed by atoms with E-state index in [9.17, 15) is 5.26 Å². The summed E-state index contributed by atoms with van der Waals surface area (Å²) in [4.78, 5) is 6.34. The van der Waals surface area contributed by atoms with Crippen LogP contribution in [-0.4, -0.2) is 36.1 Å². The number of nitrogens with zero attached hydrogens (tertiary/aromatic N) is 3. The topological polar surface area (TPSA) is 52.0 Å². The van der Waals surface area contributed by atoms with Crippen molar-refractivity contribution in [2.75, 3.05) is 26.2 Å². The van der Waals surface area contributed by atoms with E-state index in [0.717, 1.165) is 42.6 Å². The van der Waals surface area contributed by atoms with Crippen LogP contribution in [0.3, 0.4) is 0 Å². The molecule has 2 heterocycles. The Kier molecular flexibility index (Phi) is 4.49. The second-order valence-corrected chi connectivity index (χ2v) is 5.02. The summed E-state index contributed by atoms with van der Waals surface area (Å²) in [5.74, 6) is 0. The van der Waals surface area contributed by atoms with E-state index in [4.69, 9.17) is 0 Å². The van der Waals surface area contributed by atoms with Crippen LogP contribution in [-0.2, 0) is 0 Å². The summed E-state index contributed by atoms with van der Waals surface area (Å²) in [7, 11) is 0. The molecule has 1 aliphatic rings. The molecule has 90 valence electrons. The molecule has 1 fully saturated rings.